The predicted octanol–water partition coefficient (Wildman–Crippen LogP) is 0.751. The maximum atomic E-state index is 9.27. The Balaban J connectivity index is 2.17. The summed E-state index contributed by atoms with van der Waals surface area (Å²) in [6.07, 6.45) is 1.87. The van der Waals surface area contributed by atoms with Crippen molar-refractivity contribution in [2.24, 2.45) is 11.3 Å². The molecule has 0 aromatic heterocycles. The highest BCUT2D eigenvalue weighted by Gasteiger charge is 2.57. The van der Waals surface area contributed by atoms with Gasteiger partial charge in [0.1, 0.15) is 0 Å². The Hall–Kier alpha value is -0.0800. The molecule has 2 rings (SSSR count). The lowest BCUT2D eigenvalue weighted by Crippen LogP contribution is -2.19. The molecule has 1 heterocycles. The van der Waals surface area contributed by atoms with Gasteiger partial charge in [-0.15, -0.1) is 0 Å². The normalized spacial score (nSPS) is 46.0. The SMILES string of the molecule is C[C@H]1CO[C@H](O)C12CC2. The number of rotatable bonds is 0. The maximum Gasteiger partial charge on any atom is 0.160 e. The van der Waals surface area contributed by atoms with Crippen molar-refractivity contribution >= 4 is 0 Å². The third-order valence-corrected chi connectivity index (χ3v) is 2.80. The van der Waals surface area contributed by atoms with Crippen LogP contribution in [0.4, 0.5) is 0 Å². The van der Waals surface area contributed by atoms with Gasteiger partial charge < -0.3 is 9.84 Å². The van der Waals surface area contributed by atoms with Crippen molar-refractivity contribution < 1.29 is 9.84 Å². The molecule has 2 fully saturated rings. The molecule has 0 aromatic rings. The molecule has 2 nitrogen and oxygen atoms in total. The quantitative estimate of drug-likeness (QED) is 0.521. The maximum absolute atomic E-state index is 9.27. The fourth-order valence-corrected chi connectivity index (χ4v) is 1.69. The molecule has 0 bridgehead atoms. The van der Waals surface area contributed by atoms with Gasteiger partial charge in [0.2, 0.25) is 0 Å². The van der Waals surface area contributed by atoms with Crippen LogP contribution < -0.4 is 0 Å². The summed E-state index contributed by atoms with van der Waals surface area (Å²) in [7, 11) is 0. The van der Waals surface area contributed by atoms with Crippen molar-refractivity contribution in [1.82, 2.24) is 0 Å². The third kappa shape index (κ3) is 0.578. The van der Waals surface area contributed by atoms with Crippen LogP contribution in [-0.4, -0.2) is 18.0 Å². The summed E-state index contributed by atoms with van der Waals surface area (Å²) in [5, 5.41) is 9.27. The Morgan fingerprint density at radius 1 is 1.56 bits per heavy atom. The largest absolute Gasteiger partial charge is 0.367 e. The van der Waals surface area contributed by atoms with E-state index in [1.54, 1.807) is 0 Å². The molecular formula is C7H12O2. The minimum absolute atomic E-state index is 0.194. The van der Waals surface area contributed by atoms with E-state index >= 15 is 0 Å². The summed E-state index contributed by atoms with van der Waals surface area (Å²) in [5.41, 5.74) is 0.194. The van der Waals surface area contributed by atoms with E-state index in [1.165, 1.54) is 0 Å². The van der Waals surface area contributed by atoms with E-state index < -0.39 is 6.29 Å². The number of aliphatic hydroxyl groups excluding tert-OH is 1. The third-order valence-electron chi connectivity index (χ3n) is 2.80. The van der Waals surface area contributed by atoms with Crippen LogP contribution in [0.3, 0.4) is 0 Å². The van der Waals surface area contributed by atoms with Crippen molar-refractivity contribution in [2.75, 3.05) is 6.61 Å². The van der Waals surface area contributed by atoms with Gasteiger partial charge in [-0.05, 0) is 18.8 Å². The van der Waals surface area contributed by atoms with Crippen LogP contribution in [0.1, 0.15) is 19.8 Å². The molecule has 0 aromatic carbocycles. The first kappa shape index (κ1) is 5.69. The molecule has 1 aliphatic heterocycles. The molecule has 0 amide bonds. The van der Waals surface area contributed by atoms with E-state index in [0.717, 1.165) is 19.4 Å². The molecule has 0 radical (unpaired) electrons. The van der Waals surface area contributed by atoms with Crippen molar-refractivity contribution in [2.45, 2.75) is 26.1 Å². The first-order valence-corrected chi connectivity index (χ1v) is 3.55. The van der Waals surface area contributed by atoms with Gasteiger partial charge in [-0.1, -0.05) is 6.92 Å². The van der Waals surface area contributed by atoms with Crippen molar-refractivity contribution in [3.8, 4) is 0 Å². The van der Waals surface area contributed by atoms with Crippen LogP contribution in [0.5, 0.6) is 0 Å². The minimum atomic E-state index is -0.451. The molecule has 2 aliphatic rings. The monoisotopic (exact) mass is 128 g/mol. The van der Waals surface area contributed by atoms with Crippen LogP contribution in [0.2, 0.25) is 0 Å². The van der Waals surface area contributed by atoms with E-state index in [1.807, 2.05) is 0 Å². The average molecular weight is 128 g/mol. The fourth-order valence-electron chi connectivity index (χ4n) is 1.69. The van der Waals surface area contributed by atoms with E-state index in [2.05, 4.69) is 6.92 Å². The molecule has 1 aliphatic carbocycles. The first-order chi connectivity index (χ1) is 4.26. The van der Waals surface area contributed by atoms with E-state index in [0.29, 0.717) is 5.92 Å². The Morgan fingerprint density at radius 3 is 2.44 bits per heavy atom. The Bertz CT molecular complexity index is 117. The van der Waals surface area contributed by atoms with Crippen LogP contribution in [-0.2, 0) is 4.74 Å². The van der Waals surface area contributed by atoms with Gasteiger partial charge >= 0.3 is 0 Å². The van der Waals surface area contributed by atoms with Gasteiger partial charge in [0.05, 0.1) is 6.61 Å². The standard InChI is InChI=1S/C7H12O2/c1-5-4-9-6(8)7(5)2-3-7/h5-6,8H,2-4H2,1H3/t5-,6-/m0/s1. The summed E-state index contributed by atoms with van der Waals surface area (Å²) in [6.45, 7) is 2.91. The number of ether oxygens (including phenoxy) is 1. The highest BCUT2D eigenvalue weighted by atomic mass is 16.6. The van der Waals surface area contributed by atoms with Gasteiger partial charge in [0.25, 0.3) is 0 Å². The lowest BCUT2D eigenvalue weighted by atomic mass is 9.94. The van der Waals surface area contributed by atoms with Crippen molar-refractivity contribution in [1.29, 1.82) is 0 Å². The molecular weight excluding hydrogens is 116 g/mol. The first-order valence-electron chi connectivity index (χ1n) is 3.55. The summed E-state index contributed by atoms with van der Waals surface area (Å²) < 4.78 is 5.10. The summed E-state index contributed by atoms with van der Waals surface area (Å²) in [5.74, 6) is 0.576. The Kier molecular flexibility index (Phi) is 0.945. The van der Waals surface area contributed by atoms with E-state index in [9.17, 15) is 5.11 Å². The predicted molar refractivity (Wildman–Crippen MR) is 32.8 cm³/mol. The molecule has 1 N–H and O–H groups in total. The average Bonchev–Trinajstić information content (AvgIpc) is 2.56. The lowest BCUT2D eigenvalue weighted by Gasteiger charge is -2.12. The highest BCUT2D eigenvalue weighted by molar-refractivity contribution is 5.02. The van der Waals surface area contributed by atoms with E-state index in [4.69, 9.17) is 4.74 Å². The van der Waals surface area contributed by atoms with Crippen LogP contribution in [0.15, 0.2) is 0 Å². The summed E-state index contributed by atoms with van der Waals surface area (Å²) >= 11 is 0. The highest BCUT2D eigenvalue weighted by Crippen LogP contribution is 2.58. The van der Waals surface area contributed by atoms with Gasteiger partial charge in [-0.2, -0.15) is 0 Å². The molecule has 2 heteroatoms. The van der Waals surface area contributed by atoms with Crippen LogP contribution in [0.25, 0.3) is 0 Å². The zero-order valence-corrected chi connectivity index (χ0v) is 5.63. The second-order valence-corrected chi connectivity index (χ2v) is 3.32. The van der Waals surface area contributed by atoms with Crippen LogP contribution >= 0.6 is 0 Å². The van der Waals surface area contributed by atoms with E-state index in [-0.39, 0.29) is 5.41 Å². The Labute approximate surface area is 54.8 Å². The number of aliphatic hydroxyl groups is 1. The topological polar surface area (TPSA) is 29.5 Å². The summed E-state index contributed by atoms with van der Waals surface area (Å²) in [6, 6.07) is 0. The summed E-state index contributed by atoms with van der Waals surface area (Å²) in [4.78, 5) is 0. The number of hydrogen-bond donors (Lipinski definition) is 1. The van der Waals surface area contributed by atoms with Gasteiger partial charge in [0, 0.05) is 5.41 Å². The van der Waals surface area contributed by atoms with Crippen LogP contribution in [0, 0.1) is 11.3 Å². The molecule has 0 unspecified atom stereocenters. The van der Waals surface area contributed by atoms with Gasteiger partial charge in [-0.3, -0.25) is 0 Å². The fraction of sp³-hybridized carbons (Fsp3) is 1.00. The van der Waals surface area contributed by atoms with Gasteiger partial charge in [0.15, 0.2) is 6.29 Å². The molecule has 9 heavy (non-hydrogen) atoms. The second kappa shape index (κ2) is 1.50. The zero-order chi connectivity index (χ0) is 6.48. The number of hydrogen-bond acceptors (Lipinski definition) is 2. The van der Waals surface area contributed by atoms with Crippen molar-refractivity contribution in [3.05, 3.63) is 0 Å². The van der Waals surface area contributed by atoms with Gasteiger partial charge in [-0.25, -0.2) is 0 Å². The van der Waals surface area contributed by atoms with Crippen molar-refractivity contribution in [3.63, 3.8) is 0 Å². The minimum Gasteiger partial charge on any atom is -0.367 e. The molecule has 1 saturated carbocycles. The molecule has 1 saturated heterocycles. The molecule has 2 atom stereocenters. The smallest absolute Gasteiger partial charge is 0.160 e. The Morgan fingerprint density at radius 2 is 2.22 bits per heavy atom. The molecule has 1 spiro atoms. The second-order valence-electron chi connectivity index (χ2n) is 3.32. The lowest BCUT2D eigenvalue weighted by molar-refractivity contribution is -0.0896. The molecule has 52 valence electrons. The zero-order valence-electron chi connectivity index (χ0n) is 5.63.